The number of rotatable bonds is 6. The van der Waals surface area contributed by atoms with Crippen molar-refractivity contribution in [1.82, 2.24) is 4.72 Å². The molecule has 0 unspecified atom stereocenters. The summed E-state index contributed by atoms with van der Waals surface area (Å²) in [6.07, 6.45) is 3.71. The lowest BCUT2D eigenvalue weighted by Gasteiger charge is -2.15. The highest BCUT2D eigenvalue weighted by Gasteiger charge is 2.26. The van der Waals surface area contributed by atoms with Crippen molar-refractivity contribution in [2.45, 2.75) is 43.5 Å². The molecular formula is C13H19N3O4S. The topological polar surface area (TPSA) is 101 Å². The van der Waals surface area contributed by atoms with Crippen molar-refractivity contribution < 1.29 is 13.3 Å². The largest absolute Gasteiger partial charge is 0.384 e. The van der Waals surface area contributed by atoms with E-state index in [2.05, 4.69) is 10.0 Å². The number of sulfonamides is 1. The highest BCUT2D eigenvalue weighted by atomic mass is 32.2. The molecule has 1 fully saturated rings. The normalized spacial score (nSPS) is 16.0. The van der Waals surface area contributed by atoms with Crippen molar-refractivity contribution in [1.29, 1.82) is 0 Å². The van der Waals surface area contributed by atoms with Gasteiger partial charge in [0.2, 0.25) is 10.0 Å². The van der Waals surface area contributed by atoms with Crippen molar-refractivity contribution in [3.8, 4) is 0 Å². The van der Waals surface area contributed by atoms with Gasteiger partial charge in [-0.15, -0.1) is 0 Å². The Labute approximate surface area is 123 Å². The Bertz CT molecular complexity index is 624. The number of non-ortho nitro benzene ring substituents is 1. The summed E-state index contributed by atoms with van der Waals surface area (Å²) < 4.78 is 27.6. The maximum atomic E-state index is 12.4. The van der Waals surface area contributed by atoms with Crippen LogP contribution in [0.3, 0.4) is 0 Å². The summed E-state index contributed by atoms with van der Waals surface area (Å²) in [6.45, 7) is 2.28. The number of nitrogens with zero attached hydrogens (tertiary/aromatic N) is 1. The number of anilines is 1. The van der Waals surface area contributed by atoms with E-state index in [1.54, 1.807) is 6.92 Å². The predicted octanol–water partition coefficient (Wildman–Crippen LogP) is 2.25. The fourth-order valence-corrected chi connectivity index (χ4v) is 3.99. The van der Waals surface area contributed by atoms with Crippen LogP contribution in [0.2, 0.25) is 0 Å². The number of hydrogen-bond donors (Lipinski definition) is 2. The minimum Gasteiger partial charge on any atom is -0.384 e. The highest BCUT2D eigenvalue weighted by Crippen LogP contribution is 2.28. The molecule has 1 saturated carbocycles. The summed E-state index contributed by atoms with van der Waals surface area (Å²) in [5.74, 6) is 0. The zero-order chi connectivity index (χ0) is 15.5. The van der Waals surface area contributed by atoms with E-state index in [1.807, 2.05) is 0 Å². The zero-order valence-corrected chi connectivity index (χ0v) is 12.6. The third kappa shape index (κ3) is 3.70. The molecule has 0 heterocycles. The van der Waals surface area contributed by atoms with E-state index >= 15 is 0 Å². The van der Waals surface area contributed by atoms with Crippen LogP contribution in [0.1, 0.15) is 32.6 Å². The monoisotopic (exact) mass is 313 g/mol. The van der Waals surface area contributed by atoms with Gasteiger partial charge >= 0.3 is 0 Å². The van der Waals surface area contributed by atoms with Crippen LogP contribution in [0.25, 0.3) is 0 Å². The van der Waals surface area contributed by atoms with E-state index < -0.39 is 14.9 Å². The number of hydrogen-bond acceptors (Lipinski definition) is 5. The summed E-state index contributed by atoms with van der Waals surface area (Å²) >= 11 is 0. The van der Waals surface area contributed by atoms with Gasteiger partial charge in [0.05, 0.1) is 10.6 Å². The van der Waals surface area contributed by atoms with Crippen molar-refractivity contribution in [3.63, 3.8) is 0 Å². The third-order valence-electron chi connectivity index (χ3n) is 3.51. The van der Waals surface area contributed by atoms with Gasteiger partial charge in [0.1, 0.15) is 4.90 Å². The quantitative estimate of drug-likeness (QED) is 0.619. The molecule has 116 valence electrons. The predicted molar refractivity (Wildman–Crippen MR) is 79.8 cm³/mol. The van der Waals surface area contributed by atoms with E-state index in [0.717, 1.165) is 25.7 Å². The van der Waals surface area contributed by atoms with Crippen LogP contribution < -0.4 is 10.0 Å². The average Bonchev–Trinajstić information content (AvgIpc) is 2.91. The summed E-state index contributed by atoms with van der Waals surface area (Å²) in [7, 11) is -3.67. The van der Waals surface area contributed by atoms with E-state index in [-0.39, 0.29) is 22.3 Å². The fourth-order valence-electron chi connectivity index (χ4n) is 2.52. The summed E-state index contributed by atoms with van der Waals surface area (Å²) in [4.78, 5) is 10.3. The van der Waals surface area contributed by atoms with Gasteiger partial charge in [-0.05, 0) is 25.8 Å². The first-order valence-electron chi connectivity index (χ1n) is 6.98. The van der Waals surface area contributed by atoms with Crippen LogP contribution >= 0.6 is 0 Å². The lowest BCUT2D eigenvalue weighted by molar-refractivity contribution is -0.384. The molecule has 0 amide bonds. The van der Waals surface area contributed by atoms with Gasteiger partial charge in [0, 0.05) is 24.7 Å². The maximum Gasteiger partial charge on any atom is 0.271 e. The molecule has 0 saturated heterocycles. The van der Waals surface area contributed by atoms with Gasteiger partial charge in [-0.2, -0.15) is 0 Å². The smallest absolute Gasteiger partial charge is 0.271 e. The number of benzene rings is 1. The number of nitro benzene ring substituents is 1. The van der Waals surface area contributed by atoms with Crippen LogP contribution in [0, 0.1) is 10.1 Å². The molecule has 1 aromatic carbocycles. The van der Waals surface area contributed by atoms with Gasteiger partial charge in [0.15, 0.2) is 0 Å². The molecule has 1 aromatic rings. The molecular weight excluding hydrogens is 294 g/mol. The molecule has 7 nitrogen and oxygen atoms in total. The van der Waals surface area contributed by atoms with Crippen molar-refractivity contribution in [3.05, 3.63) is 28.3 Å². The molecule has 1 aliphatic carbocycles. The van der Waals surface area contributed by atoms with Gasteiger partial charge < -0.3 is 5.32 Å². The van der Waals surface area contributed by atoms with E-state index in [1.165, 1.54) is 18.2 Å². The molecule has 1 aliphatic rings. The molecule has 8 heteroatoms. The van der Waals surface area contributed by atoms with Gasteiger partial charge in [-0.1, -0.05) is 12.8 Å². The van der Waals surface area contributed by atoms with E-state index in [0.29, 0.717) is 6.54 Å². The lowest BCUT2D eigenvalue weighted by Crippen LogP contribution is -2.33. The van der Waals surface area contributed by atoms with Crippen LogP contribution in [0.4, 0.5) is 11.4 Å². The van der Waals surface area contributed by atoms with E-state index in [4.69, 9.17) is 0 Å². The maximum absolute atomic E-state index is 12.4. The minimum absolute atomic E-state index is 0.0420. The van der Waals surface area contributed by atoms with Gasteiger partial charge in [-0.25, -0.2) is 13.1 Å². The Balaban J connectivity index is 2.34. The molecule has 0 atom stereocenters. The summed E-state index contributed by atoms with van der Waals surface area (Å²) in [5, 5.41) is 13.7. The highest BCUT2D eigenvalue weighted by molar-refractivity contribution is 7.89. The Morgan fingerprint density at radius 2 is 2.00 bits per heavy atom. The Morgan fingerprint density at radius 1 is 1.33 bits per heavy atom. The van der Waals surface area contributed by atoms with Crippen LogP contribution in [0.15, 0.2) is 23.1 Å². The lowest BCUT2D eigenvalue weighted by atomic mass is 10.3. The second kappa shape index (κ2) is 6.40. The third-order valence-corrected chi connectivity index (χ3v) is 5.09. The number of nitro groups is 1. The Hall–Kier alpha value is -1.67. The van der Waals surface area contributed by atoms with E-state index in [9.17, 15) is 18.5 Å². The van der Waals surface area contributed by atoms with Crippen molar-refractivity contribution in [2.24, 2.45) is 0 Å². The molecule has 0 spiro atoms. The molecule has 21 heavy (non-hydrogen) atoms. The fraction of sp³-hybridized carbons (Fsp3) is 0.538. The van der Waals surface area contributed by atoms with Gasteiger partial charge in [0.25, 0.3) is 5.69 Å². The second-order valence-electron chi connectivity index (χ2n) is 5.07. The molecule has 0 aliphatic heterocycles. The standard InChI is InChI=1S/C13H19N3O4S/c1-2-14-12-9-11(16(17)18)7-8-13(12)21(19,20)15-10-5-3-4-6-10/h7-10,14-15H,2-6H2,1H3. The van der Waals surface area contributed by atoms with Crippen molar-refractivity contribution in [2.75, 3.05) is 11.9 Å². The first-order valence-corrected chi connectivity index (χ1v) is 8.47. The molecule has 0 radical (unpaired) electrons. The van der Waals surface area contributed by atoms with Gasteiger partial charge in [-0.3, -0.25) is 10.1 Å². The molecule has 0 aromatic heterocycles. The SMILES string of the molecule is CCNc1cc([N+](=O)[O-])ccc1S(=O)(=O)NC1CCCC1. The molecule has 0 bridgehead atoms. The average molecular weight is 313 g/mol. The van der Waals surface area contributed by atoms with Crippen LogP contribution in [-0.4, -0.2) is 25.9 Å². The first kappa shape index (κ1) is 15.7. The zero-order valence-electron chi connectivity index (χ0n) is 11.8. The first-order chi connectivity index (χ1) is 9.94. The number of nitrogens with one attached hydrogen (secondary N) is 2. The van der Waals surface area contributed by atoms with Crippen molar-refractivity contribution >= 4 is 21.4 Å². The Morgan fingerprint density at radius 3 is 2.57 bits per heavy atom. The summed E-state index contributed by atoms with van der Waals surface area (Å²) in [6, 6.07) is 3.71. The second-order valence-corrected chi connectivity index (χ2v) is 6.75. The molecule has 2 N–H and O–H groups in total. The Kier molecular flexibility index (Phi) is 4.79. The minimum atomic E-state index is -3.67. The molecule has 2 rings (SSSR count). The van der Waals surface area contributed by atoms with Crippen LogP contribution in [0.5, 0.6) is 0 Å². The summed E-state index contributed by atoms with van der Waals surface area (Å²) in [5.41, 5.74) is 0.128. The van der Waals surface area contributed by atoms with Crippen LogP contribution in [-0.2, 0) is 10.0 Å².